The predicted octanol–water partition coefficient (Wildman–Crippen LogP) is 4.00. The molecule has 0 saturated carbocycles. The largest absolute Gasteiger partial charge is 0.493 e. The number of furan rings is 1. The fourth-order valence-electron chi connectivity index (χ4n) is 2.96. The Morgan fingerprint density at radius 3 is 2.56 bits per heavy atom. The third kappa shape index (κ3) is 5.05. The molecule has 1 N–H and O–H groups in total. The van der Waals surface area contributed by atoms with Gasteiger partial charge in [-0.15, -0.1) is 0 Å². The number of rotatable bonds is 6. The maximum absolute atomic E-state index is 12.9. The standard InChI is InChI=1S/C22H23ClN2O7/c1-22(2,3)32-18-12(8-13(23)10-17(18)29-4)9-15-19(26)25(21(28)24-15)11-14-6-7-16(31-14)20(27)30-5/h6-10H,11H2,1-5H3,(H,24,28). The molecule has 10 heteroatoms. The van der Waals surface area contributed by atoms with Gasteiger partial charge in [0.05, 0.1) is 20.8 Å². The van der Waals surface area contributed by atoms with Crippen molar-refractivity contribution in [3.8, 4) is 11.5 Å². The molecule has 0 aliphatic carbocycles. The van der Waals surface area contributed by atoms with Crippen molar-refractivity contribution in [1.29, 1.82) is 0 Å². The van der Waals surface area contributed by atoms with Crippen molar-refractivity contribution in [2.24, 2.45) is 0 Å². The second-order valence-corrected chi connectivity index (χ2v) is 8.31. The number of nitrogens with zero attached hydrogens (tertiary/aromatic N) is 1. The summed E-state index contributed by atoms with van der Waals surface area (Å²) in [5.41, 5.74) is -0.0708. The molecule has 1 aliphatic rings. The van der Waals surface area contributed by atoms with E-state index in [-0.39, 0.29) is 23.8 Å². The maximum atomic E-state index is 12.9. The second-order valence-electron chi connectivity index (χ2n) is 7.88. The van der Waals surface area contributed by atoms with Gasteiger partial charge in [0, 0.05) is 16.7 Å². The highest BCUT2D eigenvalue weighted by atomic mass is 35.5. The zero-order valence-electron chi connectivity index (χ0n) is 18.3. The van der Waals surface area contributed by atoms with Crippen molar-refractivity contribution in [2.45, 2.75) is 32.9 Å². The average Bonchev–Trinajstić information content (AvgIpc) is 3.29. The van der Waals surface area contributed by atoms with Gasteiger partial charge in [-0.1, -0.05) is 11.6 Å². The number of ether oxygens (including phenoxy) is 3. The molecule has 2 aromatic rings. The summed E-state index contributed by atoms with van der Waals surface area (Å²) >= 11 is 6.20. The van der Waals surface area contributed by atoms with Crippen LogP contribution in [0.4, 0.5) is 4.79 Å². The van der Waals surface area contributed by atoms with Crippen LogP contribution < -0.4 is 14.8 Å². The molecule has 1 aromatic carbocycles. The van der Waals surface area contributed by atoms with Crippen molar-refractivity contribution < 1.29 is 33.0 Å². The smallest absolute Gasteiger partial charge is 0.373 e. The molecule has 3 amide bonds. The van der Waals surface area contributed by atoms with Crippen LogP contribution in [0, 0.1) is 0 Å². The number of carbonyl (C=O) groups excluding carboxylic acids is 3. The first-order chi connectivity index (χ1) is 15.0. The first kappa shape index (κ1) is 23.2. The highest BCUT2D eigenvalue weighted by Gasteiger charge is 2.35. The summed E-state index contributed by atoms with van der Waals surface area (Å²) in [7, 11) is 2.70. The molecule has 1 aromatic heterocycles. The lowest BCUT2D eigenvalue weighted by atomic mass is 10.1. The van der Waals surface area contributed by atoms with Crippen LogP contribution in [0.25, 0.3) is 6.08 Å². The average molecular weight is 463 g/mol. The molecule has 0 atom stereocenters. The molecule has 1 fully saturated rings. The van der Waals surface area contributed by atoms with E-state index in [2.05, 4.69) is 10.1 Å². The molecule has 170 valence electrons. The number of benzene rings is 1. The monoisotopic (exact) mass is 462 g/mol. The Kier molecular flexibility index (Phi) is 6.50. The Hall–Kier alpha value is -3.46. The van der Waals surface area contributed by atoms with E-state index in [1.807, 2.05) is 20.8 Å². The highest BCUT2D eigenvalue weighted by molar-refractivity contribution is 6.31. The zero-order valence-corrected chi connectivity index (χ0v) is 19.0. The Morgan fingerprint density at radius 1 is 1.22 bits per heavy atom. The number of methoxy groups -OCH3 is 2. The van der Waals surface area contributed by atoms with Gasteiger partial charge in [-0.05, 0) is 45.0 Å². The molecule has 0 unspecified atom stereocenters. The lowest BCUT2D eigenvalue weighted by molar-refractivity contribution is -0.123. The quantitative estimate of drug-likeness (QED) is 0.392. The topological polar surface area (TPSA) is 107 Å². The van der Waals surface area contributed by atoms with Crippen LogP contribution in [0.3, 0.4) is 0 Å². The maximum Gasteiger partial charge on any atom is 0.373 e. The molecular weight excluding hydrogens is 440 g/mol. The number of nitrogens with one attached hydrogen (secondary N) is 1. The first-order valence-corrected chi connectivity index (χ1v) is 9.98. The van der Waals surface area contributed by atoms with E-state index in [0.717, 1.165) is 4.90 Å². The van der Waals surface area contributed by atoms with Gasteiger partial charge in [-0.25, -0.2) is 9.59 Å². The van der Waals surface area contributed by atoms with Crippen LogP contribution in [0.2, 0.25) is 5.02 Å². The minimum Gasteiger partial charge on any atom is -0.493 e. The predicted molar refractivity (Wildman–Crippen MR) is 115 cm³/mol. The van der Waals surface area contributed by atoms with Crippen LogP contribution in [0.1, 0.15) is 42.6 Å². The van der Waals surface area contributed by atoms with Crippen LogP contribution in [0.15, 0.2) is 34.4 Å². The van der Waals surface area contributed by atoms with Crippen LogP contribution in [-0.2, 0) is 16.1 Å². The van der Waals surface area contributed by atoms with Crippen molar-refractivity contribution >= 4 is 35.6 Å². The summed E-state index contributed by atoms with van der Waals surface area (Å²) < 4.78 is 21.3. The van der Waals surface area contributed by atoms with Gasteiger partial charge in [0.25, 0.3) is 5.91 Å². The summed E-state index contributed by atoms with van der Waals surface area (Å²) in [6.45, 7) is 5.44. The van der Waals surface area contributed by atoms with Crippen molar-refractivity contribution in [2.75, 3.05) is 14.2 Å². The zero-order chi connectivity index (χ0) is 23.6. The number of hydrogen-bond acceptors (Lipinski definition) is 7. The molecule has 2 heterocycles. The van der Waals surface area contributed by atoms with Crippen molar-refractivity contribution in [1.82, 2.24) is 10.2 Å². The number of hydrogen-bond donors (Lipinski definition) is 1. The van der Waals surface area contributed by atoms with E-state index in [9.17, 15) is 14.4 Å². The minimum absolute atomic E-state index is 0.0258. The van der Waals surface area contributed by atoms with Gasteiger partial charge in [-0.3, -0.25) is 9.69 Å². The van der Waals surface area contributed by atoms with E-state index >= 15 is 0 Å². The number of halogens is 1. The number of imide groups is 1. The van der Waals surface area contributed by atoms with Gasteiger partial charge in [-0.2, -0.15) is 0 Å². The Morgan fingerprint density at radius 2 is 1.94 bits per heavy atom. The van der Waals surface area contributed by atoms with Gasteiger partial charge in [0.2, 0.25) is 5.76 Å². The third-order valence-electron chi connectivity index (χ3n) is 4.30. The fraction of sp³-hybridized carbons (Fsp3) is 0.318. The molecule has 3 rings (SSSR count). The van der Waals surface area contributed by atoms with E-state index in [4.69, 9.17) is 25.5 Å². The van der Waals surface area contributed by atoms with Crippen LogP contribution in [-0.4, -0.2) is 42.6 Å². The minimum atomic E-state index is -0.657. The summed E-state index contributed by atoms with van der Waals surface area (Å²) in [5.74, 6) is -0.247. The summed E-state index contributed by atoms with van der Waals surface area (Å²) in [6, 6.07) is 5.47. The SMILES string of the molecule is COC(=O)c1ccc(CN2C(=O)NC(=Cc3cc(Cl)cc(OC)c3OC(C)(C)C)C2=O)o1. The van der Waals surface area contributed by atoms with Crippen LogP contribution >= 0.6 is 11.6 Å². The Balaban J connectivity index is 1.91. The Bertz CT molecular complexity index is 1100. The molecular formula is C22H23ClN2O7. The molecule has 9 nitrogen and oxygen atoms in total. The van der Waals surface area contributed by atoms with Gasteiger partial charge >= 0.3 is 12.0 Å². The summed E-state index contributed by atoms with van der Waals surface area (Å²) in [6.07, 6.45) is 1.47. The van der Waals surface area contributed by atoms with Crippen LogP contribution in [0.5, 0.6) is 11.5 Å². The number of esters is 1. The highest BCUT2D eigenvalue weighted by Crippen LogP contribution is 2.38. The van der Waals surface area contributed by atoms with Gasteiger partial charge < -0.3 is 23.9 Å². The van der Waals surface area contributed by atoms with Crippen molar-refractivity contribution in [3.05, 3.63) is 52.1 Å². The lowest BCUT2D eigenvalue weighted by Gasteiger charge is -2.24. The van der Waals surface area contributed by atoms with E-state index in [0.29, 0.717) is 22.1 Å². The summed E-state index contributed by atoms with van der Waals surface area (Å²) in [5, 5.41) is 2.91. The molecule has 0 bridgehead atoms. The molecule has 32 heavy (non-hydrogen) atoms. The first-order valence-electron chi connectivity index (χ1n) is 9.60. The lowest BCUT2D eigenvalue weighted by Crippen LogP contribution is -2.30. The van der Waals surface area contributed by atoms with Gasteiger partial charge in [0.15, 0.2) is 11.5 Å². The van der Waals surface area contributed by atoms with E-state index in [1.54, 1.807) is 12.1 Å². The Labute approximate surface area is 189 Å². The van der Waals surface area contributed by atoms with Crippen molar-refractivity contribution in [3.63, 3.8) is 0 Å². The van der Waals surface area contributed by atoms with Gasteiger partial charge in [0.1, 0.15) is 17.1 Å². The fourth-order valence-corrected chi connectivity index (χ4v) is 3.18. The molecule has 0 spiro atoms. The van der Waals surface area contributed by atoms with E-state index in [1.165, 1.54) is 32.4 Å². The third-order valence-corrected chi connectivity index (χ3v) is 4.52. The molecule has 1 saturated heterocycles. The van der Waals surface area contributed by atoms with E-state index < -0.39 is 23.5 Å². The number of carbonyl (C=O) groups is 3. The normalized spacial score (nSPS) is 15.2. The molecule has 0 radical (unpaired) electrons. The molecule has 1 aliphatic heterocycles. The second kappa shape index (κ2) is 8.96. The number of amides is 3. The number of urea groups is 1. The summed E-state index contributed by atoms with van der Waals surface area (Å²) in [4.78, 5) is 37.8.